The molecule has 0 aliphatic rings. The molecule has 0 amide bonds. The first-order valence-corrected chi connectivity index (χ1v) is 12.6. The molecular weight excluding hydrogens is 374 g/mol. The van der Waals surface area contributed by atoms with Crippen molar-refractivity contribution in [2.75, 3.05) is 11.9 Å². The summed E-state index contributed by atoms with van der Waals surface area (Å²) in [5.74, 6) is 0.715. The molecule has 30 heavy (non-hydrogen) atoms. The van der Waals surface area contributed by atoms with Gasteiger partial charge in [-0.2, -0.15) is 0 Å². The molecule has 0 saturated carbocycles. The van der Waals surface area contributed by atoms with Crippen molar-refractivity contribution in [1.82, 2.24) is 4.98 Å². The fourth-order valence-corrected chi connectivity index (χ4v) is 3.84. The van der Waals surface area contributed by atoms with Crippen LogP contribution in [0.1, 0.15) is 122 Å². The number of nitrogens with zero attached hydrogens (tertiary/aromatic N) is 2. The molecular formula is C25H45N3O2. The molecule has 0 aromatic carbocycles. The van der Waals surface area contributed by atoms with E-state index >= 15 is 0 Å². The first-order chi connectivity index (χ1) is 14.7. The van der Waals surface area contributed by atoms with Crippen molar-refractivity contribution in [1.29, 1.82) is 0 Å². The number of nitrogens with one attached hydrogen (secondary N) is 1. The van der Waals surface area contributed by atoms with Gasteiger partial charge in [0, 0.05) is 12.6 Å². The van der Waals surface area contributed by atoms with Crippen LogP contribution in [0.5, 0.6) is 0 Å². The fourth-order valence-electron chi connectivity index (χ4n) is 3.84. The maximum absolute atomic E-state index is 10.6. The van der Waals surface area contributed by atoms with Gasteiger partial charge >= 0.3 is 0 Å². The summed E-state index contributed by atoms with van der Waals surface area (Å²) in [4.78, 5) is 14.2. The number of hydrogen-bond acceptors (Lipinski definition) is 4. The molecule has 0 aliphatic heterocycles. The lowest BCUT2D eigenvalue weighted by Gasteiger charge is -2.05. The summed E-state index contributed by atoms with van der Waals surface area (Å²) >= 11 is 0. The summed E-state index contributed by atoms with van der Waals surface area (Å²) in [6.07, 6.45) is 26.2. The van der Waals surface area contributed by atoms with E-state index in [0.717, 1.165) is 13.0 Å². The Kier molecular flexibility index (Phi) is 17.0. The molecule has 0 radical (unpaired) electrons. The third-order valence-corrected chi connectivity index (χ3v) is 5.80. The van der Waals surface area contributed by atoms with Crippen LogP contribution in [0, 0.1) is 10.1 Å². The largest absolute Gasteiger partial charge is 0.370 e. The van der Waals surface area contributed by atoms with E-state index < -0.39 is 4.92 Å². The van der Waals surface area contributed by atoms with Crippen molar-refractivity contribution in [3.63, 3.8) is 0 Å². The van der Waals surface area contributed by atoms with Gasteiger partial charge in [-0.05, 0) is 12.5 Å². The second-order valence-electron chi connectivity index (χ2n) is 8.60. The maximum atomic E-state index is 10.6. The van der Waals surface area contributed by atoms with E-state index in [1.807, 2.05) is 0 Å². The Labute approximate surface area is 184 Å². The first-order valence-electron chi connectivity index (χ1n) is 12.6. The molecule has 1 heterocycles. The fraction of sp³-hybridized carbons (Fsp3) is 0.800. The van der Waals surface area contributed by atoms with Gasteiger partial charge in [0.05, 0.1) is 4.92 Å². The lowest BCUT2D eigenvalue weighted by molar-refractivity contribution is -0.385. The lowest BCUT2D eigenvalue weighted by Crippen LogP contribution is -2.03. The van der Waals surface area contributed by atoms with Crippen LogP contribution in [0.25, 0.3) is 0 Å². The number of nitro groups is 1. The first kappa shape index (κ1) is 26.4. The standard InChI is InChI=1S/C25H45N3O2/c1-2-3-4-5-6-7-8-9-10-11-12-13-14-15-16-17-18-19-22-26-25-21-20-24(23-27-25)28(29)30/h20-21,23H,2-19,22H2,1H3,(H,26,27). The highest BCUT2D eigenvalue weighted by molar-refractivity contribution is 5.39. The maximum Gasteiger partial charge on any atom is 0.287 e. The number of hydrogen-bond donors (Lipinski definition) is 1. The van der Waals surface area contributed by atoms with Gasteiger partial charge in [0.25, 0.3) is 5.69 Å². The summed E-state index contributed by atoms with van der Waals surface area (Å²) in [5.41, 5.74) is 0.0358. The Bertz CT molecular complexity index is 520. The molecule has 0 spiro atoms. The van der Waals surface area contributed by atoms with E-state index in [1.165, 1.54) is 121 Å². The number of rotatable bonds is 21. The number of anilines is 1. The zero-order chi connectivity index (χ0) is 21.7. The molecule has 0 bridgehead atoms. The van der Waals surface area contributed by atoms with Gasteiger partial charge in [-0.3, -0.25) is 10.1 Å². The van der Waals surface area contributed by atoms with Crippen LogP contribution in [-0.4, -0.2) is 16.5 Å². The van der Waals surface area contributed by atoms with Gasteiger partial charge in [0.1, 0.15) is 12.0 Å². The Balaban J connectivity index is 1.76. The highest BCUT2D eigenvalue weighted by atomic mass is 16.6. The summed E-state index contributed by atoms with van der Waals surface area (Å²) < 4.78 is 0. The quantitative estimate of drug-likeness (QED) is 0.123. The van der Waals surface area contributed by atoms with Crippen LogP contribution in [0.15, 0.2) is 18.3 Å². The molecule has 0 saturated heterocycles. The number of unbranched alkanes of at least 4 members (excludes halogenated alkanes) is 17. The molecule has 0 atom stereocenters. The van der Waals surface area contributed by atoms with Crippen molar-refractivity contribution in [3.8, 4) is 0 Å². The smallest absolute Gasteiger partial charge is 0.287 e. The molecule has 172 valence electrons. The SMILES string of the molecule is CCCCCCCCCCCCCCCCCCCCNc1ccc([N+](=O)[O-])cn1. The highest BCUT2D eigenvalue weighted by Crippen LogP contribution is 2.15. The molecule has 1 rings (SSSR count). The van der Waals surface area contributed by atoms with E-state index in [1.54, 1.807) is 6.07 Å². The van der Waals surface area contributed by atoms with E-state index in [0.29, 0.717) is 5.82 Å². The van der Waals surface area contributed by atoms with Crippen molar-refractivity contribution in [3.05, 3.63) is 28.4 Å². The molecule has 0 unspecified atom stereocenters. The Morgan fingerprint density at radius 3 is 1.53 bits per heavy atom. The van der Waals surface area contributed by atoms with Crippen LogP contribution in [0.2, 0.25) is 0 Å². The predicted molar refractivity (Wildman–Crippen MR) is 128 cm³/mol. The summed E-state index contributed by atoms with van der Waals surface area (Å²) in [5, 5.41) is 13.8. The Hall–Kier alpha value is -1.65. The van der Waals surface area contributed by atoms with Crippen LogP contribution >= 0.6 is 0 Å². The topological polar surface area (TPSA) is 68.1 Å². The number of aromatic nitrogens is 1. The molecule has 1 aromatic rings. The summed E-state index contributed by atoms with van der Waals surface area (Å²) in [7, 11) is 0. The summed E-state index contributed by atoms with van der Waals surface area (Å²) in [6, 6.07) is 3.16. The molecule has 5 nitrogen and oxygen atoms in total. The Morgan fingerprint density at radius 2 is 1.17 bits per heavy atom. The van der Waals surface area contributed by atoms with Gasteiger partial charge in [0.2, 0.25) is 0 Å². The summed E-state index contributed by atoms with van der Waals surface area (Å²) in [6.45, 7) is 3.16. The van der Waals surface area contributed by atoms with E-state index in [2.05, 4.69) is 17.2 Å². The molecule has 5 heteroatoms. The molecule has 0 aliphatic carbocycles. The second-order valence-corrected chi connectivity index (χ2v) is 8.60. The average molecular weight is 420 g/mol. The second kappa shape index (κ2) is 19.3. The van der Waals surface area contributed by atoms with Crippen molar-refractivity contribution >= 4 is 11.5 Å². The van der Waals surface area contributed by atoms with E-state index in [-0.39, 0.29) is 5.69 Å². The zero-order valence-corrected chi connectivity index (χ0v) is 19.4. The van der Waals surface area contributed by atoms with Crippen molar-refractivity contribution < 1.29 is 4.92 Å². The van der Waals surface area contributed by atoms with Crippen molar-refractivity contribution in [2.24, 2.45) is 0 Å². The Morgan fingerprint density at radius 1 is 0.733 bits per heavy atom. The van der Waals surface area contributed by atoms with Gasteiger partial charge in [-0.1, -0.05) is 116 Å². The van der Waals surface area contributed by atoms with Crippen LogP contribution in [0.4, 0.5) is 11.5 Å². The van der Waals surface area contributed by atoms with Gasteiger partial charge in [-0.25, -0.2) is 4.98 Å². The van der Waals surface area contributed by atoms with Crippen LogP contribution < -0.4 is 5.32 Å². The monoisotopic (exact) mass is 419 g/mol. The van der Waals surface area contributed by atoms with E-state index in [9.17, 15) is 10.1 Å². The lowest BCUT2D eigenvalue weighted by atomic mass is 10.0. The average Bonchev–Trinajstić information content (AvgIpc) is 2.75. The van der Waals surface area contributed by atoms with Crippen LogP contribution in [0.3, 0.4) is 0 Å². The predicted octanol–water partition coefficient (Wildman–Crippen LogP) is 8.44. The number of pyridine rings is 1. The minimum absolute atomic E-state index is 0.0358. The minimum Gasteiger partial charge on any atom is -0.370 e. The third-order valence-electron chi connectivity index (χ3n) is 5.80. The third kappa shape index (κ3) is 15.2. The van der Waals surface area contributed by atoms with Gasteiger partial charge in [0.15, 0.2) is 0 Å². The molecule has 1 aromatic heterocycles. The van der Waals surface area contributed by atoms with Crippen molar-refractivity contribution in [2.45, 2.75) is 122 Å². The zero-order valence-electron chi connectivity index (χ0n) is 19.4. The van der Waals surface area contributed by atoms with Crippen LogP contribution in [-0.2, 0) is 0 Å². The van der Waals surface area contributed by atoms with E-state index in [4.69, 9.17) is 0 Å². The normalized spacial score (nSPS) is 11.0. The molecule has 1 N–H and O–H groups in total. The van der Waals surface area contributed by atoms with Gasteiger partial charge in [-0.15, -0.1) is 0 Å². The van der Waals surface area contributed by atoms with Gasteiger partial charge < -0.3 is 5.32 Å². The highest BCUT2D eigenvalue weighted by Gasteiger charge is 2.04. The minimum atomic E-state index is -0.423. The molecule has 0 fully saturated rings.